The molecule has 1 aromatic heterocycles. The monoisotopic (exact) mass is 383 g/mol. The normalized spacial score (nSPS) is 11.8. The van der Waals surface area contributed by atoms with Crippen molar-refractivity contribution >= 4 is 28.5 Å². The number of anilines is 1. The largest absolute Gasteiger partial charge is 0.334 e. The molecule has 1 atom stereocenters. The van der Waals surface area contributed by atoms with Gasteiger partial charge >= 0.3 is 6.03 Å². The second-order valence-corrected chi connectivity index (χ2v) is 6.46. The zero-order valence-electron chi connectivity index (χ0n) is 15.5. The molecule has 2 aromatic carbocycles. The molecule has 3 rings (SSSR count). The number of nitrogens with one attached hydrogen (secondary N) is 4. The first-order valence-corrected chi connectivity index (χ1v) is 9.08. The number of amides is 3. The van der Waals surface area contributed by atoms with E-state index in [1.165, 1.54) is 12.1 Å². The topological polar surface area (TPSA) is 98.9 Å². The van der Waals surface area contributed by atoms with Crippen LogP contribution >= 0.6 is 0 Å². The molecule has 0 aliphatic carbocycles. The van der Waals surface area contributed by atoms with Crippen LogP contribution in [0.5, 0.6) is 0 Å². The van der Waals surface area contributed by atoms with Crippen molar-refractivity contribution in [2.45, 2.75) is 32.4 Å². The highest BCUT2D eigenvalue weighted by atomic mass is 19.1. The Hall–Kier alpha value is -3.42. The van der Waals surface area contributed by atoms with Crippen molar-refractivity contribution in [1.82, 2.24) is 20.8 Å². The van der Waals surface area contributed by atoms with Crippen LogP contribution in [0.4, 0.5) is 14.9 Å². The van der Waals surface area contributed by atoms with Crippen LogP contribution in [0.2, 0.25) is 0 Å². The molecule has 1 heterocycles. The van der Waals surface area contributed by atoms with Gasteiger partial charge in [-0.3, -0.25) is 9.89 Å². The average Bonchev–Trinajstić information content (AvgIpc) is 3.15. The maximum absolute atomic E-state index is 12.9. The molecule has 0 bridgehead atoms. The van der Waals surface area contributed by atoms with E-state index in [0.29, 0.717) is 12.1 Å². The van der Waals surface area contributed by atoms with Gasteiger partial charge in [-0.15, -0.1) is 0 Å². The van der Waals surface area contributed by atoms with Gasteiger partial charge in [0.25, 0.3) is 0 Å². The van der Waals surface area contributed by atoms with E-state index in [1.54, 1.807) is 30.5 Å². The number of rotatable bonds is 7. The van der Waals surface area contributed by atoms with Gasteiger partial charge in [-0.1, -0.05) is 25.5 Å². The molecule has 0 aliphatic heterocycles. The summed E-state index contributed by atoms with van der Waals surface area (Å²) in [6.07, 6.45) is 2.94. The third-order valence-corrected chi connectivity index (χ3v) is 4.27. The number of nitrogens with zero attached hydrogens (tertiary/aromatic N) is 1. The second kappa shape index (κ2) is 8.98. The van der Waals surface area contributed by atoms with E-state index in [1.807, 2.05) is 13.0 Å². The number of fused-ring (bicyclic) bond motifs is 1. The van der Waals surface area contributed by atoms with Crippen molar-refractivity contribution < 1.29 is 14.0 Å². The van der Waals surface area contributed by atoms with Gasteiger partial charge in [-0.2, -0.15) is 5.10 Å². The lowest BCUT2D eigenvalue weighted by Gasteiger charge is -2.18. The standard InChI is InChI=1S/C20H22FN5O2/c1-2-3-17(25-20(28)22-11-13-4-7-15(21)8-5-13)19(27)24-16-9-6-14-12-23-26-18(14)10-16/h4-10,12,17H,2-3,11H2,1H3,(H,23,26)(H,24,27)(H2,22,25,28). The zero-order chi connectivity index (χ0) is 19.9. The first-order valence-electron chi connectivity index (χ1n) is 9.08. The Balaban J connectivity index is 1.57. The molecule has 0 radical (unpaired) electrons. The quantitative estimate of drug-likeness (QED) is 0.504. The van der Waals surface area contributed by atoms with Gasteiger partial charge in [0, 0.05) is 17.6 Å². The van der Waals surface area contributed by atoms with Crippen molar-refractivity contribution in [3.8, 4) is 0 Å². The lowest BCUT2D eigenvalue weighted by Crippen LogP contribution is -2.47. The molecule has 0 fully saturated rings. The van der Waals surface area contributed by atoms with Crippen molar-refractivity contribution in [1.29, 1.82) is 0 Å². The Morgan fingerprint density at radius 1 is 1.18 bits per heavy atom. The van der Waals surface area contributed by atoms with Gasteiger partial charge in [-0.25, -0.2) is 9.18 Å². The van der Waals surface area contributed by atoms with Gasteiger partial charge in [0.2, 0.25) is 5.91 Å². The van der Waals surface area contributed by atoms with E-state index in [-0.39, 0.29) is 18.3 Å². The Morgan fingerprint density at radius 2 is 1.96 bits per heavy atom. The molecule has 0 saturated heterocycles. The molecule has 4 N–H and O–H groups in total. The molecule has 1 unspecified atom stereocenters. The first kappa shape index (κ1) is 19.3. The fourth-order valence-electron chi connectivity index (χ4n) is 2.80. The van der Waals surface area contributed by atoms with Crippen LogP contribution in [0.25, 0.3) is 10.9 Å². The van der Waals surface area contributed by atoms with Gasteiger partial charge in [0.1, 0.15) is 11.9 Å². The summed E-state index contributed by atoms with van der Waals surface area (Å²) < 4.78 is 12.9. The molecule has 7 nitrogen and oxygen atoms in total. The number of aromatic amines is 1. The summed E-state index contributed by atoms with van der Waals surface area (Å²) in [6.45, 7) is 2.18. The summed E-state index contributed by atoms with van der Waals surface area (Å²) in [5.74, 6) is -0.626. The van der Waals surface area contributed by atoms with Gasteiger partial charge < -0.3 is 16.0 Å². The van der Waals surface area contributed by atoms with Crippen LogP contribution in [0.1, 0.15) is 25.3 Å². The van der Waals surface area contributed by atoms with Gasteiger partial charge in [-0.05, 0) is 42.3 Å². The molecule has 8 heteroatoms. The molecule has 0 spiro atoms. The lowest BCUT2D eigenvalue weighted by atomic mass is 10.1. The number of aromatic nitrogens is 2. The molecule has 3 aromatic rings. The zero-order valence-corrected chi connectivity index (χ0v) is 15.5. The van der Waals surface area contributed by atoms with Gasteiger partial charge in [0.05, 0.1) is 11.7 Å². The summed E-state index contributed by atoms with van der Waals surface area (Å²) >= 11 is 0. The summed E-state index contributed by atoms with van der Waals surface area (Å²) in [5.41, 5.74) is 2.20. The Bertz CT molecular complexity index is 955. The van der Waals surface area contributed by atoms with Crippen LogP contribution in [-0.4, -0.2) is 28.2 Å². The summed E-state index contributed by atoms with van der Waals surface area (Å²) in [6, 6.07) is 10.2. The minimum Gasteiger partial charge on any atom is -0.334 e. The number of benzene rings is 2. The van der Waals surface area contributed by atoms with Crippen LogP contribution in [0.15, 0.2) is 48.7 Å². The van der Waals surface area contributed by atoms with Crippen molar-refractivity contribution in [3.05, 3.63) is 60.0 Å². The molecule has 0 aliphatic rings. The highest BCUT2D eigenvalue weighted by molar-refractivity contribution is 5.98. The fourth-order valence-corrected chi connectivity index (χ4v) is 2.80. The van der Waals surface area contributed by atoms with E-state index in [0.717, 1.165) is 22.9 Å². The Kier molecular flexibility index (Phi) is 6.21. The van der Waals surface area contributed by atoms with Crippen LogP contribution in [-0.2, 0) is 11.3 Å². The highest BCUT2D eigenvalue weighted by Gasteiger charge is 2.20. The maximum atomic E-state index is 12.9. The number of hydrogen-bond donors (Lipinski definition) is 4. The minimum atomic E-state index is -0.671. The van der Waals surface area contributed by atoms with E-state index < -0.39 is 12.1 Å². The molecular weight excluding hydrogens is 361 g/mol. The fraction of sp³-hybridized carbons (Fsp3) is 0.250. The molecule has 28 heavy (non-hydrogen) atoms. The highest BCUT2D eigenvalue weighted by Crippen LogP contribution is 2.17. The predicted molar refractivity (Wildman–Crippen MR) is 105 cm³/mol. The van der Waals surface area contributed by atoms with Crippen molar-refractivity contribution in [2.24, 2.45) is 0 Å². The SMILES string of the molecule is CCCC(NC(=O)NCc1ccc(F)cc1)C(=O)Nc1ccc2cn[nH]c2c1. The summed E-state index contributed by atoms with van der Waals surface area (Å²) in [5, 5.41) is 15.9. The minimum absolute atomic E-state index is 0.239. The van der Waals surface area contributed by atoms with Crippen molar-refractivity contribution in [2.75, 3.05) is 5.32 Å². The molecule has 3 amide bonds. The van der Waals surface area contributed by atoms with E-state index in [2.05, 4.69) is 26.1 Å². The lowest BCUT2D eigenvalue weighted by molar-refractivity contribution is -0.118. The molecule has 146 valence electrons. The number of urea groups is 1. The van der Waals surface area contributed by atoms with Crippen molar-refractivity contribution in [3.63, 3.8) is 0 Å². The van der Waals surface area contributed by atoms with Crippen LogP contribution in [0, 0.1) is 5.82 Å². The number of hydrogen-bond acceptors (Lipinski definition) is 3. The predicted octanol–water partition coefficient (Wildman–Crippen LogP) is 3.31. The van der Waals surface area contributed by atoms with E-state index >= 15 is 0 Å². The maximum Gasteiger partial charge on any atom is 0.315 e. The number of carbonyl (C=O) groups excluding carboxylic acids is 2. The smallest absolute Gasteiger partial charge is 0.315 e. The third-order valence-electron chi connectivity index (χ3n) is 4.27. The van der Waals surface area contributed by atoms with Crippen LogP contribution in [0.3, 0.4) is 0 Å². The summed E-state index contributed by atoms with van der Waals surface area (Å²) in [4.78, 5) is 24.8. The number of H-pyrrole nitrogens is 1. The molecule has 0 saturated carbocycles. The first-order chi connectivity index (χ1) is 13.5. The Morgan fingerprint density at radius 3 is 2.71 bits per heavy atom. The molecular formula is C20H22FN5O2. The Labute approximate surface area is 161 Å². The van der Waals surface area contributed by atoms with E-state index in [4.69, 9.17) is 0 Å². The summed E-state index contributed by atoms with van der Waals surface area (Å²) in [7, 11) is 0. The third kappa shape index (κ3) is 5.06. The average molecular weight is 383 g/mol. The number of halogens is 1. The van der Waals surface area contributed by atoms with E-state index in [9.17, 15) is 14.0 Å². The number of carbonyl (C=O) groups is 2. The second-order valence-electron chi connectivity index (χ2n) is 6.46. The van der Waals surface area contributed by atoms with Gasteiger partial charge in [0.15, 0.2) is 0 Å². The van der Waals surface area contributed by atoms with Crippen LogP contribution < -0.4 is 16.0 Å².